The van der Waals surface area contributed by atoms with Crippen LogP contribution in [0.2, 0.25) is 5.02 Å². The molecule has 2 aromatic heterocycles. The topological polar surface area (TPSA) is 92.1 Å². The maximum Gasteiger partial charge on any atom is 0.326 e. The van der Waals surface area contributed by atoms with Gasteiger partial charge in [-0.3, -0.25) is 10.6 Å². The van der Waals surface area contributed by atoms with Gasteiger partial charge in [-0.1, -0.05) is 29.8 Å². The molecule has 0 saturated carbocycles. The number of carbonyl (C=O) groups is 1. The molecule has 0 spiro atoms. The van der Waals surface area contributed by atoms with E-state index in [4.69, 9.17) is 16.7 Å². The van der Waals surface area contributed by atoms with Crippen LogP contribution in [-0.2, 0) is 13.0 Å². The van der Waals surface area contributed by atoms with E-state index in [0.29, 0.717) is 28.9 Å². The molecule has 2 amide bonds. The van der Waals surface area contributed by atoms with E-state index in [-0.39, 0.29) is 6.61 Å². The number of hydrogen-bond acceptors (Lipinski definition) is 5. The molecule has 3 aromatic rings. The Morgan fingerprint density at radius 2 is 2.12 bits per heavy atom. The van der Waals surface area contributed by atoms with Crippen molar-refractivity contribution in [2.45, 2.75) is 13.0 Å². The Morgan fingerprint density at radius 1 is 1.28 bits per heavy atom. The summed E-state index contributed by atoms with van der Waals surface area (Å²) in [6.45, 7) is 0.248. The third-order valence-corrected chi connectivity index (χ3v) is 4.65. The number of benzene rings is 1. The highest BCUT2D eigenvalue weighted by molar-refractivity contribution is 7.15. The van der Waals surface area contributed by atoms with Crippen molar-refractivity contribution in [1.29, 1.82) is 0 Å². The molecule has 0 aliphatic heterocycles. The van der Waals surface area contributed by atoms with Gasteiger partial charge in [-0.05, 0) is 11.6 Å². The molecular weight excluding hydrogens is 362 g/mol. The number of anilines is 2. The second kappa shape index (κ2) is 8.11. The molecule has 0 bridgehead atoms. The first-order chi connectivity index (χ1) is 12.2. The fraction of sp³-hybridized carbons (Fsp3) is 0.188. The zero-order chi connectivity index (χ0) is 17.6. The van der Waals surface area contributed by atoms with Crippen LogP contribution in [-0.4, -0.2) is 32.5 Å². The Morgan fingerprint density at radius 3 is 2.92 bits per heavy atom. The van der Waals surface area contributed by atoms with Crippen LogP contribution >= 0.6 is 22.9 Å². The fourth-order valence-electron chi connectivity index (χ4n) is 2.23. The Kier molecular flexibility index (Phi) is 5.64. The molecule has 0 atom stereocenters. The molecule has 0 aliphatic rings. The molecule has 130 valence electrons. The number of carbonyl (C=O) groups excluding carboxylic acids is 1. The average Bonchev–Trinajstić information content (AvgIpc) is 3.20. The minimum atomic E-state index is -0.418. The summed E-state index contributed by atoms with van der Waals surface area (Å²) in [5.74, 6) is 0.499. The molecule has 0 radical (unpaired) electrons. The Hall–Kier alpha value is -2.42. The van der Waals surface area contributed by atoms with Crippen molar-refractivity contribution in [3.05, 3.63) is 58.2 Å². The molecule has 3 N–H and O–H groups in total. The monoisotopic (exact) mass is 377 g/mol. The van der Waals surface area contributed by atoms with Crippen LogP contribution in [0, 0.1) is 0 Å². The number of aliphatic hydroxyl groups is 1. The van der Waals surface area contributed by atoms with Gasteiger partial charge in [0.05, 0.1) is 19.3 Å². The number of nitrogens with one attached hydrogen (secondary N) is 2. The predicted octanol–water partition coefficient (Wildman–Crippen LogP) is 3.22. The number of rotatable bonds is 6. The average molecular weight is 378 g/mol. The molecule has 7 nitrogen and oxygen atoms in total. The van der Waals surface area contributed by atoms with Gasteiger partial charge in [0.15, 0.2) is 5.13 Å². The van der Waals surface area contributed by atoms with Gasteiger partial charge in [0, 0.05) is 28.6 Å². The number of aliphatic hydroxyl groups excluding tert-OH is 1. The summed E-state index contributed by atoms with van der Waals surface area (Å²) < 4.78 is 1.50. The molecule has 1 aromatic carbocycles. The van der Waals surface area contributed by atoms with Crippen molar-refractivity contribution in [3.63, 3.8) is 0 Å². The van der Waals surface area contributed by atoms with Crippen LogP contribution in [0.3, 0.4) is 0 Å². The van der Waals surface area contributed by atoms with Crippen LogP contribution < -0.4 is 10.6 Å². The van der Waals surface area contributed by atoms with Gasteiger partial charge in [0.25, 0.3) is 0 Å². The van der Waals surface area contributed by atoms with Crippen LogP contribution in [0.1, 0.15) is 10.4 Å². The summed E-state index contributed by atoms with van der Waals surface area (Å²) in [6, 6.07) is 8.87. The standard InChI is InChI=1S/C16H16ClN5O2S/c17-13-4-2-1-3-11(13)9-12-10-18-16(25-12)21-15(24)20-14-5-6-19-22(14)7-8-23/h1-6,10,23H,7-9H2,(H2,18,20,21,24). The normalized spacial score (nSPS) is 10.6. The third kappa shape index (κ3) is 4.56. The Labute approximate surface area is 153 Å². The van der Waals surface area contributed by atoms with Gasteiger partial charge in [-0.15, -0.1) is 11.3 Å². The van der Waals surface area contributed by atoms with Crippen LogP contribution in [0.15, 0.2) is 42.7 Å². The quantitative estimate of drug-likeness (QED) is 0.615. The number of halogens is 1. The Bertz CT molecular complexity index is 864. The van der Waals surface area contributed by atoms with E-state index in [1.807, 2.05) is 24.3 Å². The maximum absolute atomic E-state index is 12.1. The largest absolute Gasteiger partial charge is 0.394 e. The SMILES string of the molecule is O=C(Nc1ncc(Cc2ccccc2Cl)s1)Nc1ccnn1CCO. The minimum absolute atomic E-state index is 0.0597. The summed E-state index contributed by atoms with van der Waals surface area (Å²) in [6.07, 6.45) is 3.93. The molecule has 0 saturated heterocycles. The second-order valence-electron chi connectivity index (χ2n) is 5.14. The second-order valence-corrected chi connectivity index (χ2v) is 6.66. The summed E-state index contributed by atoms with van der Waals surface area (Å²) in [7, 11) is 0. The molecule has 0 unspecified atom stereocenters. The first kappa shape index (κ1) is 17.4. The summed E-state index contributed by atoms with van der Waals surface area (Å²) in [5, 5.41) is 19.6. The van der Waals surface area contributed by atoms with Crippen molar-refractivity contribution in [2.24, 2.45) is 0 Å². The zero-order valence-electron chi connectivity index (χ0n) is 13.1. The highest BCUT2D eigenvalue weighted by Crippen LogP contribution is 2.24. The zero-order valence-corrected chi connectivity index (χ0v) is 14.7. The fourth-order valence-corrected chi connectivity index (χ4v) is 3.27. The molecule has 9 heteroatoms. The summed E-state index contributed by atoms with van der Waals surface area (Å²) in [4.78, 5) is 17.3. The van der Waals surface area contributed by atoms with Crippen molar-refractivity contribution < 1.29 is 9.90 Å². The Balaban J connectivity index is 1.60. The molecule has 0 aliphatic carbocycles. The van der Waals surface area contributed by atoms with Gasteiger partial charge in [-0.25, -0.2) is 14.5 Å². The number of hydrogen-bond donors (Lipinski definition) is 3. The van der Waals surface area contributed by atoms with E-state index in [1.165, 1.54) is 16.0 Å². The summed E-state index contributed by atoms with van der Waals surface area (Å²) >= 11 is 7.55. The van der Waals surface area contributed by atoms with Crippen LogP contribution in [0.25, 0.3) is 0 Å². The van der Waals surface area contributed by atoms with Gasteiger partial charge >= 0.3 is 6.03 Å². The van der Waals surface area contributed by atoms with E-state index < -0.39 is 6.03 Å². The molecule has 25 heavy (non-hydrogen) atoms. The first-order valence-corrected chi connectivity index (χ1v) is 8.74. The molecule has 2 heterocycles. The van der Waals surface area contributed by atoms with Crippen molar-refractivity contribution in [1.82, 2.24) is 14.8 Å². The lowest BCUT2D eigenvalue weighted by molar-refractivity contribution is 0.260. The van der Waals surface area contributed by atoms with Crippen molar-refractivity contribution in [2.75, 3.05) is 17.2 Å². The highest BCUT2D eigenvalue weighted by Gasteiger charge is 2.10. The highest BCUT2D eigenvalue weighted by atomic mass is 35.5. The van der Waals surface area contributed by atoms with Crippen molar-refractivity contribution >= 4 is 39.9 Å². The van der Waals surface area contributed by atoms with E-state index >= 15 is 0 Å². The number of urea groups is 1. The van der Waals surface area contributed by atoms with Gasteiger partial charge in [-0.2, -0.15) is 5.10 Å². The van der Waals surface area contributed by atoms with E-state index in [9.17, 15) is 4.79 Å². The van der Waals surface area contributed by atoms with E-state index in [0.717, 1.165) is 10.4 Å². The van der Waals surface area contributed by atoms with Gasteiger partial charge in [0.1, 0.15) is 5.82 Å². The number of nitrogens with zero attached hydrogens (tertiary/aromatic N) is 3. The van der Waals surface area contributed by atoms with Crippen LogP contribution in [0.4, 0.5) is 15.7 Å². The number of aromatic nitrogens is 3. The maximum atomic E-state index is 12.1. The van der Waals surface area contributed by atoms with Gasteiger partial charge < -0.3 is 5.11 Å². The number of thiazole rings is 1. The van der Waals surface area contributed by atoms with Crippen LogP contribution in [0.5, 0.6) is 0 Å². The van der Waals surface area contributed by atoms with E-state index in [2.05, 4.69) is 20.7 Å². The lowest BCUT2D eigenvalue weighted by Crippen LogP contribution is -2.22. The molecular formula is C16H16ClN5O2S. The number of amides is 2. The predicted molar refractivity (Wildman–Crippen MR) is 98.3 cm³/mol. The first-order valence-electron chi connectivity index (χ1n) is 7.54. The summed E-state index contributed by atoms with van der Waals surface area (Å²) in [5.41, 5.74) is 1.01. The van der Waals surface area contributed by atoms with E-state index in [1.54, 1.807) is 18.5 Å². The molecule has 0 fully saturated rings. The van der Waals surface area contributed by atoms with Crippen molar-refractivity contribution in [3.8, 4) is 0 Å². The lowest BCUT2D eigenvalue weighted by atomic mass is 10.1. The van der Waals surface area contributed by atoms with Gasteiger partial charge in [0.2, 0.25) is 0 Å². The third-order valence-electron chi connectivity index (χ3n) is 3.37. The molecule has 3 rings (SSSR count). The smallest absolute Gasteiger partial charge is 0.326 e. The lowest BCUT2D eigenvalue weighted by Gasteiger charge is -2.07. The minimum Gasteiger partial charge on any atom is -0.394 e.